The van der Waals surface area contributed by atoms with Gasteiger partial charge >= 0.3 is 0 Å². The van der Waals surface area contributed by atoms with Crippen LogP contribution in [0.1, 0.15) is 44.3 Å². The van der Waals surface area contributed by atoms with Crippen molar-refractivity contribution in [3.63, 3.8) is 0 Å². The lowest BCUT2D eigenvalue weighted by atomic mass is 10.0. The minimum atomic E-state index is -0.357. The van der Waals surface area contributed by atoms with E-state index in [1.807, 2.05) is 18.7 Å². The molecule has 94 valence electrons. The molecular weight excluding hydrogens is 252 g/mol. The Morgan fingerprint density at radius 3 is 2.88 bits per heavy atom. The van der Waals surface area contributed by atoms with Gasteiger partial charge in [0.15, 0.2) is 0 Å². The van der Waals surface area contributed by atoms with Crippen LogP contribution in [0, 0.1) is 4.64 Å². The summed E-state index contributed by atoms with van der Waals surface area (Å²) in [5.74, 6) is 2.85. The number of aromatic nitrogens is 2. The van der Waals surface area contributed by atoms with Crippen molar-refractivity contribution in [2.75, 3.05) is 6.61 Å². The van der Waals surface area contributed by atoms with Crippen LogP contribution in [0.2, 0.25) is 0 Å². The van der Waals surface area contributed by atoms with E-state index in [4.69, 9.17) is 17.0 Å². The fourth-order valence-corrected chi connectivity index (χ4v) is 3.42. The minimum Gasteiger partial charge on any atom is -0.368 e. The average molecular weight is 270 g/mol. The zero-order valence-corrected chi connectivity index (χ0v) is 12.1. The van der Waals surface area contributed by atoms with E-state index in [0.717, 1.165) is 28.4 Å². The van der Waals surface area contributed by atoms with E-state index in [0.29, 0.717) is 6.61 Å². The molecule has 0 fully saturated rings. The second-order valence-corrected chi connectivity index (χ2v) is 5.73. The molecule has 1 aliphatic rings. The van der Waals surface area contributed by atoms with Crippen LogP contribution < -0.4 is 0 Å². The van der Waals surface area contributed by atoms with Crippen molar-refractivity contribution >= 4 is 24.0 Å². The molecule has 0 bridgehead atoms. The fraction of sp³-hybridized carbons (Fsp3) is 0.667. The van der Waals surface area contributed by atoms with Crippen molar-refractivity contribution < 1.29 is 4.74 Å². The lowest BCUT2D eigenvalue weighted by Gasteiger charge is -2.27. The van der Waals surface area contributed by atoms with Crippen molar-refractivity contribution in [2.24, 2.45) is 0 Å². The highest BCUT2D eigenvalue weighted by atomic mass is 32.2. The van der Waals surface area contributed by atoms with Gasteiger partial charge in [0.25, 0.3) is 0 Å². The number of nitrogens with one attached hydrogen (secondary N) is 1. The highest BCUT2D eigenvalue weighted by Crippen LogP contribution is 2.32. The maximum absolute atomic E-state index is 5.83. The number of aromatic amines is 1. The predicted molar refractivity (Wildman–Crippen MR) is 73.7 cm³/mol. The quantitative estimate of drug-likeness (QED) is 0.849. The van der Waals surface area contributed by atoms with Gasteiger partial charge in [-0.25, -0.2) is 4.98 Å². The maximum Gasteiger partial charge on any atom is 0.140 e. The summed E-state index contributed by atoms with van der Waals surface area (Å²) in [6.45, 7) is 6.86. The molecule has 1 aromatic heterocycles. The van der Waals surface area contributed by atoms with Crippen molar-refractivity contribution in [2.45, 2.75) is 44.3 Å². The molecular formula is C12H18N2OS2. The molecule has 3 nitrogen and oxygen atoms in total. The van der Waals surface area contributed by atoms with E-state index < -0.39 is 0 Å². The van der Waals surface area contributed by atoms with E-state index in [-0.39, 0.29) is 5.60 Å². The van der Waals surface area contributed by atoms with E-state index in [1.165, 1.54) is 11.3 Å². The molecule has 1 unspecified atom stereocenters. The summed E-state index contributed by atoms with van der Waals surface area (Å²) in [6, 6.07) is 0. The fourth-order valence-electron chi connectivity index (χ4n) is 1.98. The van der Waals surface area contributed by atoms with Crippen molar-refractivity contribution in [1.82, 2.24) is 9.97 Å². The highest BCUT2D eigenvalue weighted by Gasteiger charge is 2.29. The van der Waals surface area contributed by atoms with Crippen LogP contribution in [0.3, 0.4) is 0 Å². The number of hydrogen-bond acceptors (Lipinski definition) is 4. The summed E-state index contributed by atoms with van der Waals surface area (Å²) < 4.78 is 6.57. The first kappa shape index (κ1) is 13.1. The molecule has 1 aliphatic heterocycles. The van der Waals surface area contributed by atoms with Crippen molar-refractivity contribution in [3.8, 4) is 0 Å². The first-order valence-electron chi connectivity index (χ1n) is 5.95. The number of hydrogen-bond donors (Lipinski definition) is 1. The number of H-pyrrole nitrogens is 1. The summed E-state index contributed by atoms with van der Waals surface area (Å²) in [7, 11) is 0. The molecule has 5 heteroatoms. The van der Waals surface area contributed by atoms with E-state index >= 15 is 0 Å². The molecule has 0 aromatic carbocycles. The van der Waals surface area contributed by atoms with Crippen LogP contribution >= 0.6 is 24.0 Å². The van der Waals surface area contributed by atoms with Crippen LogP contribution in [-0.4, -0.2) is 16.6 Å². The Morgan fingerprint density at radius 1 is 1.47 bits per heavy atom. The molecule has 2 rings (SSSR count). The summed E-state index contributed by atoms with van der Waals surface area (Å²) >= 11 is 7.25. The molecule has 1 atom stereocenters. The van der Waals surface area contributed by atoms with E-state index in [1.54, 1.807) is 0 Å². The van der Waals surface area contributed by atoms with Gasteiger partial charge in [0, 0.05) is 29.4 Å². The van der Waals surface area contributed by atoms with E-state index in [2.05, 4.69) is 23.8 Å². The average Bonchev–Trinajstić information content (AvgIpc) is 2.78. The van der Waals surface area contributed by atoms with E-state index in [9.17, 15) is 0 Å². The molecule has 1 aromatic rings. The zero-order chi connectivity index (χ0) is 12.5. The van der Waals surface area contributed by atoms with Gasteiger partial charge in [0.1, 0.15) is 16.1 Å². The lowest BCUT2D eigenvalue weighted by molar-refractivity contribution is -0.0392. The first-order valence-corrected chi connectivity index (χ1v) is 7.51. The number of thioether (sulfide) groups is 1. The van der Waals surface area contributed by atoms with Gasteiger partial charge in [-0.3, -0.25) is 0 Å². The summed E-state index contributed by atoms with van der Waals surface area (Å²) in [6.07, 6.45) is 0.880. The minimum absolute atomic E-state index is 0.357. The molecule has 1 N–H and O–H groups in total. The maximum atomic E-state index is 5.83. The Labute approximate surface area is 111 Å². The lowest BCUT2D eigenvalue weighted by Crippen LogP contribution is -2.28. The van der Waals surface area contributed by atoms with Gasteiger partial charge in [-0.1, -0.05) is 19.1 Å². The topological polar surface area (TPSA) is 37.9 Å². The van der Waals surface area contributed by atoms with Gasteiger partial charge in [-0.2, -0.15) is 11.8 Å². The SMILES string of the molecule is CCOC(C)(CC)c1nc(=S)c2c([nH]1)CSC2. The number of fused-ring (bicyclic) bond motifs is 1. The standard InChI is InChI=1S/C12H18N2OS2/c1-4-12(3,15-5-2)11-13-9-7-17-6-8(9)10(16)14-11/h4-7H2,1-3H3,(H,13,14,16). The third-order valence-corrected chi connectivity index (χ3v) is 4.56. The summed E-state index contributed by atoms with van der Waals surface area (Å²) in [4.78, 5) is 7.95. The summed E-state index contributed by atoms with van der Waals surface area (Å²) in [5, 5.41) is 0. The van der Waals surface area contributed by atoms with Crippen LogP contribution in [0.15, 0.2) is 0 Å². The zero-order valence-electron chi connectivity index (χ0n) is 10.5. The number of ether oxygens (including phenoxy) is 1. The Morgan fingerprint density at radius 2 is 2.24 bits per heavy atom. The van der Waals surface area contributed by atoms with Crippen LogP contribution in [-0.2, 0) is 21.8 Å². The largest absolute Gasteiger partial charge is 0.368 e. The molecule has 0 radical (unpaired) electrons. The van der Waals surface area contributed by atoms with Crippen molar-refractivity contribution in [1.29, 1.82) is 0 Å². The third-order valence-electron chi connectivity index (χ3n) is 3.24. The smallest absolute Gasteiger partial charge is 0.140 e. The van der Waals surface area contributed by atoms with Crippen LogP contribution in [0.4, 0.5) is 0 Å². The molecule has 0 saturated heterocycles. The van der Waals surface area contributed by atoms with Gasteiger partial charge < -0.3 is 9.72 Å². The number of nitrogens with zero attached hydrogens (tertiary/aromatic N) is 1. The van der Waals surface area contributed by atoms with Gasteiger partial charge in [-0.15, -0.1) is 0 Å². The Balaban J connectivity index is 2.46. The van der Waals surface area contributed by atoms with Gasteiger partial charge in [0.05, 0.1) is 0 Å². The third kappa shape index (κ3) is 2.41. The Kier molecular flexibility index (Phi) is 3.90. The molecule has 0 spiro atoms. The van der Waals surface area contributed by atoms with Gasteiger partial charge in [-0.05, 0) is 20.3 Å². The van der Waals surface area contributed by atoms with Crippen LogP contribution in [0.5, 0.6) is 0 Å². The first-order chi connectivity index (χ1) is 8.10. The number of rotatable bonds is 4. The molecule has 2 heterocycles. The molecule has 0 amide bonds. The Hall–Kier alpha value is -0.390. The highest BCUT2D eigenvalue weighted by molar-refractivity contribution is 7.98. The van der Waals surface area contributed by atoms with Crippen LogP contribution in [0.25, 0.3) is 0 Å². The Bertz CT molecular complexity index is 472. The molecule has 17 heavy (non-hydrogen) atoms. The summed E-state index contributed by atoms with van der Waals surface area (Å²) in [5.41, 5.74) is 2.07. The normalized spacial score (nSPS) is 17.8. The predicted octanol–water partition coefficient (Wildman–Crippen LogP) is 3.55. The molecule has 0 saturated carbocycles. The monoisotopic (exact) mass is 270 g/mol. The van der Waals surface area contributed by atoms with Gasteiger partial charge in [0.2, 0.25) is 0 Å². The van der Waals surface area contributed by atoms with Crippen molar-refractivity contribution in [3.05, 3.63) is 21.7 Å². The second kappa shape index (κ2) is 5.08. The molecule has 0 aliphatic carbocycles. The second-order valence-electron chi connectivity index (χ2n) is 4.36.